The Hall–Kier alpha value is 3.02. The SMILES string of the molecule is Cl.Cl.NC(CCS(=O)(=O)[O-])CSSCC(N)CCS(=O)(=O)[O-].[Na+].[Na+]. The van der Waals surface area contributed by atoms with E-state index >= 15 is 0 Å². The summed E-state index contributed by atoms with van der Waals surface area (Å²) in [6, 6.07) is -0.816. The van der Waals surface area contributed by atoms with Crippen LogP contribution in [-0.4, -0.2) is 61.0 Å². The molecule has 0 heterocycles. The molecule has 0 aromatic rings. The molecule has 16 heteroatoms. The van der Waals surface area contributed by atoms with Crippen molar-refractivity contribution in [2.24, 2.45) is 11.5 Å². The number of nitrogens with two attached hydrogens (primary N) is 2. The molecule has 0 aliphatic heterocycles. The van der Waals surface area contributed by atoms with Crippen molar-refractivity contribution in [3.8, 4) is 0 Å². The second-order valence-corrected chi connectivity index (χ2v) is 9.79. The van der Waals surface area contributed by atoms with Crippen molar-refractivity contribution in [3.63, 3.8) is 0 Å². The van der Waals surface area contributed by atoms with Crippen LogP contribution in [0.25, 0.3) is 0 Å². The molecule has 138 valence electrons. The Morgan fingerprint density at radius 2 is 1.00 bits per heavy atom. The summed E-state index contributed by atoms with van der Waals surface area (Å²) in [6.45, 7) is 0. The van der Waals surface area contributed by atoms with Crippen LogP contribution in [0.2, 0.25) is 0 Å². The standard InChI is InChI=1S/C8H20N2O6S4.2ClH.2Na/c9-7(1-3-19(11,12)13)5-17-18-6-8(10)2-4-20(14,15)16;;;;/h7-8H,1-6,9-10H2,(H,11,12,13)(H,14,15,16);2*1H;;/q;;;2*+1/p-2. The molecule has 8 nitrogen and oxygen atoms in total. The number of rotatable bonds is 11. The van der Waals surface area contributed by atoms with Crippen LogP contribution in [0.15, 0.2) is 0 Å². The van der Waals surface area contributed by atoms with Crippen molar-refractivity contribution in [2.75, 3.05) is 23.0 Å². The van der Waals surface area contributed by atoms with Gasteiger partial charge in [0.1, 0.15) is 0 Å². The van der Waals surface area contributed by atoms with Gasteiger partial charge in [-0.05, 0) is 12.8 Å². The molecule has 0 aromatic heterocycles. The van der Waals surface area contributed by atoms with E-state index in [2.05, 4.69) is 0 Å². The molecule has 2 atom stereocenters. The zero-order valence-electron chi connectivity index (χ0n) is 13.5. The molecule has 0 spiro atoms. The summed E-state index contributed by atoms with van der Waals surface area (Å²) in [6.07, 6.45) is 0.194. The normalized spacial score (nSPS) is 13.3. The van der Waals surface area contributed by atoms with Crippen molar-refractivity contribution in [1.29, 1.82) is 0 Å². The minimum Gasteiger partial charge on any atom is -0.748 e. The average molecular weight is 485 g/mol. The van der Waals surface area contributed by atoms with Gasteiger partial charge in [0.2, 0.25) is 0 Å². The van der Waals surface area contributed by atoms with Crippen LogP contribution in [0.5, 0.6) is 0 Å². The van der Waals surface area contributed by atoms with Gasteiger partial charge in [0.25, 0.3) is 0 Å². The van der Waals surface area contributed by atoms with E-state index < -0.39 is 43.8 Å². The third-order valence-electron chi connectivity index (χ3n) is 2.12. The van der Waals surface area contributed by atoms with Crippen molar-refractivity contribution in [2.45, 2.75) is 24.9 Å². The molecule has 0 amide bonds. The summed E-state index contributed by atoms with van der Waals surface area (Å²) >= 11 is 0. The molecular weight excluding hydrogens is 465 g/mol. The minimum atomic E-state index is -4.24. The van der Waals surface area contributed by atoms with Crippen molar-refractivity contribution in [3.05, 3.63) is 0 Å². The van der Waals surface area contributed by atoms with Crippen LogP contribution in [0.1, 0.15) is 12.8 Å². The Labute approximate surface area is 208 Å². The number of hydrogen-bond acceptors (Lipinski definition) is 10. The van der Waals surface area contributed by atoms with E-state index in [9.17, 15) is 25.9 Å². The zero-order valence-corrected chi connectivity index (χ0v) is 22.4. The van der Waals surface area contributed by atoms with Crippen LogP contribution in [0.4, 0.5) is 0 Å². The summed E-state index contributed by atoms with van der Waals surface area (Å²) in [5.41, 5.74) is 11.2. The summed E-state index contributed by atoms with van der Waals surface area (Å²) in [7, 11) is -5.75. The first kappa shape index (κ1) is 37.7. The Balaban J connectivity index is -0.000000301. The van der Waals surface area contributed by atoms with Gasteiger partial charge < -0.3 is 20.6 Å². The molecule has 24 heavy (non-hydrogen) atoms. The maximum absolute atomic E-state index is 10.4. The number of hydrogen-bond donors (Lipinski definition) is 2. The van der Waals surface area contributed by atoms with Gasteiger partial charge in [0.15, 0.2) is 0 Å². The summed E-state index contributed by atoms with van der Waals surface area (Å²) in [4.78, 5) is 0. The molecular formula is C8H20Cl2N2Na2O6S4. The van der Waals surface area contributed by atoms with Crippen LogP contribution < -0.4 is 70.6 Å². The Morgan fingerprint density at radius 1 is 0.750 bits per heavy atom. The molecule has 0 aliphatic rings. The molecule has 4 N–H and O–H groups in total. The fourth-order valence-corrected chi connectivity index (χ4v) is 4.71. The first-order valence-corrected chi connectivity index (χ1v) is 11.3. The topological polar surface area (TPSA) is 166 Å². The molecule has 0 saturated carbocycles. The summed E-state index contributed by atoms with van der Waals surface area (Å²) < 4.78 is 62.4. The maximum atomic E-state index is 10.4. The van der Waals surface area contributed by atoms with Gasteiger partial charge in [-0.2, -0.15) is 0 Å². The van der Waals surface area contributed by atoms with Gasteiger partial charge >= 0.3 is 59.1 Å². The van der Waals surface area contributed by atoms with Gasteiger partial charge in [-0.25, -0.2) is 16.8 Å². The van der Waals surface area contributed by atoms with Crippen molar-refractivity contribution in [1.82, 2.24) is 0 Å². The van der Waals surface area contributed by atoms with Gasteiger partial charge in [-0.3, -0.25) is 0 Å². The van der Waals surface area contributed by atoms with E-state index in [1.807, 2.05) is 0 Å². The smallest absolute Gasteiger partial charge is 0.748 e. The third kappa shape index (κ3) is 29.8. The molecule has 0 fully saturated rings. The van der Waals surface area contributed by atoms with Crippen LogP contribution in [0, 0.1) is 0 Å². The monoisotopic (exact) mass is 484 g/mol. The first-order chi connectivity index (χ1) is 8.99. The van der Waals surface area contributed by atoms with Crippen LogP contribution in [-0.2, 0) is 20.2 Å². The second kappa shape index (κ2) is 19.3. The maximum Gasteiger partial charge on any atom is 1.00 e. The fourth-order valence-electron chi connectivity index (χ4n) is 1.03. The zero-order chi connectivity index (χ0) is 15.8. The van der Waals surface area contributed by atoms with E-state index in [4.69, 9.17) is 11.5 Å². The quantitative estimate of drug-likeness (QED) is 0.124. The van der Waals surface area contributed by atoms with Crippen molar-refractivity contribution < 1.29 is 85.1 Å². The summed E-state index contributed by atoms with van der Waals surface area (Å²) in [5, 5.41) is 0. The van der Waals surface area contributed by atoms with Crippen LogP contribution in [0.3, 0.4) is 0 Å². The van der Waals surface area contributed by atoms with Crippen molar-refractivity contribution >= 4 is 66.6 Å². The van der Waals surface area contributed by atoms with E-state index in [-0.39, 0.29) is 96.8 Å². The first-order valence-electron chi connectivity index (χ1n) is 5.62. The third-order valence-corrected chi connectivity index (χ3v) is 6.21. The second-order valence-electron chi connectivity index (χ2n) is 4.19. The molecule has 0 radical (unpaired) electrons. The predicted octanol–water partition coefficient (Wildman–Crippen LogP) is -6.26. The summed E-state index contributed by atoms with van der Waals surface area (Å²) in [5.74, 6) is -0.0694. The molecule has 0 saturated heterocycles. The predicted molar refractivity (Wildman–Crippen MR) is 93.7 cm³/mol. The minimum absolute atomic E-state index is 0. The molecule has 0 aliphatic carbocycles. The number of halogens is 2. The molecule has 2 unspecified atom stereocenters. The van der Waals surface area contributed by atoms with E-state index in [0.29, 0.717) is 11.5 Å². The van der Waals surface area contributed by atoms with Gasteiger partial charge in [-0.15, -0.1) is 24.8 Å². The molecule has 0 rings (SSSR count). The largest absolute Gasteiger partial charge is 1.00 e. The van der Waals surface area contributed by atoms with E-state index in [1.165, 1.54) is 21.6 Å². The molecule has 0 aromatic carbocycles. The Kier molecular flexibility index (Phi) is 30.4. The van der Waals surface area contributed by atoms with Gasteiger partial charge in [-0.1, -0.05) is 21.6 Å². The van der Waals surface area contributed by atoms with Crippen LogP contribution >= 0.6 is 46.4 Å². The average Bonchev–Trinajstić information content (AvgIpc) is 2.27. The van der Waals surface area contributed by atoms with Gasteiger partial charge in [0.05, 0.1) is 20.2 Å². The molecule has 0 bridgehead atoms. The van der Waals surface area contributed by atoms with Gasteiger partial charge in [0, 0.05) is 35.1 Å². The fraction of sp³-hybridized carbons (Fsp3) is 1.00. The van der Waals surface area contributed by atoms with E-state index in [1.54, 1.807) is 0 Å². The Bertz CT molecular complexity index is 441. The Morgan fingerprint density at radius 3 is 1.21 bits per heavy atom. The van der Waals surface area contributed by atoms with E-state index in [0.717, 1.165) is 0 Å².